The Balaban J connectivity index is 1.93. The van der Waals surface area contributed by atoms with E-state index in [1.165, 1.54) is 17.5 Å². The molecule has 1 fully saturated rings. The van der Waals surface area contributed by atoms with Crippen molar-refractivity contribution in [3.05, 3.63) is 22.6 Å². The molecule has 2 rings (SSSR count). The van der Waals surface area contributed by atoms with Crippen LogP contribution in [0.2, 0.25) is 0 Å². The third-order valence-corrected chi connectivity index (χ3v) is 4.38. The van der Waals surface area contributed by atoms with Crippen molar-refractivity contribution in [2.75, 3.05) is 18.0 Å². The second-order valence-corrected chi connectivity index (χ2v) is 6.15. The predicted octanol–water partition coefficient (Wildman–Crippen LogP) is 2.03. The van der Waals surface area contributed by atoms with E-state index in [-0.39, 0.29) is 11.7 Å². The topological polar surface area (TPSA) is 58.4 Å². The average Bonchev–Trinajstić information content (AvgIpc) is 2.49. The number of aliphatic hydroxyl groups excluding tert-OH is 1. The molecule has 5 heteroatoms. The number of hydrogen-bond acceptors (Lipinski definition) is 4. The number of piperidine rings is 1. The molecular weight excluding hydrogens is 266 g/mol. The SMILES string of the molecule is CCC(O)CCCn1ncc(N2CCC(C)CC2)cc1=O. The van der Waals surface area contributed by atoms with Crippen LogP contribution in [0.1, 0.15) is 46.0 Å². The first-order valence-electron chi connectivity index (χ1n) is 8.10. The highest BCUT2D eigenvalue weighted by molar-refractivity contribution is 5.43. The molecule has 1 aromatic heterocycles. The molecule has 0 aliphatic carbocycles. The monoisotopic (exact) mass is 293 g/mol. The van der Waals surface area contributed by atoms with E-state index in [4.69, 9.17) is 0 Å². The van der Waals surface area contributed by atoms with Crippen molar-refractivity contribution >= 4 is 5.69 Å². The van der Waals surface area contributed by atoms with Crippen molar-refractivity contribution in [2.24, 2.45) is 5.92 Å². The number of aliphatic hydroxyl groups is 1. The van der Waals surface area contributed by atoms with Crippen molar-refractivity contribution in [1.29, 1.82) is 0 Å². The molecule has 1 aromatic rings. The Morgan fingerprint density at radius 2 is 2.14 bits per heavy atom. The van der Waals surface area contributed by atoms with Crippen molar-refractivity contribution in [3.8, 4) is 0 Å². The van der Waals surface area contributed by atoms with E-state index in [0.717, 1.165) is 44.0 Å². The number of anilines is 1. The lowest BCUT2D eigenvalue weighted by Crippen LogP contribution is -2.34. The van der Waals surface area contributed by atoms with Crippen LogP contribution in [0.4, 0.5) is 5.69 Å². The standard InChI is InChI=1S/C16H27N3O2/c1-3-15(20)5-4-8-19-16(21)11-14(12-17-19)18-9-6-13(2)7-10-18/h11-13,15,20H,3-10H2,1-2H3. The van der Waals surface area contributed by atoms with E-state index in [1.807, 2.05) is 6.92 Å². The van der Waals surface area contributed by atoms with Gasteiger partial charge in [-0.25, -0.2) is 4.68 Å². The molecule has 1 N–H and O–H groups in total. The van der Waals surface area contributed by atoms with Gasteiger partial charge in [0.15, 0.2) is 0 Å². The van der Waals surface area contributed by atoms with Crippen molar-refractivity contribution < 1.29 is 5.11 Å². The highest BCUT2D eigenvalue weighted by Crippen LogP contribution is 2.20. The maximum absolute atomic E-state index is 12.1. The Kier molecular flexibility index (Phi) is 5.79. The highest BCUT2D eigenvalue weighted by atomic mass is 16.3. The maximum Gasteiger partial charge on any atom is 0.268 e. The number of aromatic nitrogens is 2. The number of aryl methyl sites for hydroxylation is 1. The van der Waals surface area contributed by atoms with Crippen LogP contribution in [0.5, 0.6) is 0 Å². The van der Waals surface area contributed by atoms with Crippen LogP contribution >= 0.6 is 0 Å². The third kappa shape index (κ3) is 4.56. The zero-order valence-electron chi connectivity index (χ0n) is 13.2. The summed E-state index contributed by atoms with van der Waals surface area (Å²) in [5, 5.41) is 13.8. The van der Waals surface area contributed by atoms with Crippen molar-refractivity contribution in [2.45, 2.75) is 58.6 Å². The molecule has 1 atom stereocenters. The van der Waals surface area contributed by atoms with Crippen LogP contribution in [0.25, 0.3) is 0 Å². The van der Waals surface area contributed by atoms with Crippen LogP contribution in [0.15, 0.2) is 17.1 Å². The summed E-state index contributed by atoms with van der Waals surface area (Å²) in [7, 11) is 0. The maximum atomic E-state index is 12.1. The van der Waals surface area contributed by atoms with Gasteiger partial charge in [0, 0.05) is 25.7 Å². The molecule has 2 heterocycles. The summed E-state index contributed by atoms with van der Waals surface area (Å²) < 4.78 is 1.50. The van der Waals surface area contributed by atoms with Gasteiger partial charge in [-0.2, -0.15) is 5.10 Å². The van der Waals surface area contributed by atoms with Gasteiger partial charge < -0.3 is 10.0 Å². The molecule has 1 unspecified atom stereocenters. The number of hydrogen-bond donors (Lipinski definition) is 1. The van der Waals surface area contributed by atoms with Crippen LogP contribution in [-0.2, 0) is 6.54 Å². The molecule has 1 aliphatic rings. The molecule has 0 bridgehead atoms. The zero-order valence-corrected chi connectivity index (χ0v) is 13.2. The Hall–Kier alpha value is -1.36. The van der Waals surface area contributed by atoms with Gasteiger partial charge in [-0.3, -0.25) is 4.79 Å². The number of rotatable bonds is 6. The summed E-state index contributed by atoms with van der Waals surface area (Å²) in [4.78, 5) is 14.4. The first-order valence-corrected chi connectivity index (χ1v) is 8.10. The normalized spacial score (nSPS) is 18.0. The Labute approximate surface area is 126 Å². The summed E-state index contributed by atoms with van der Waals surface area (Å²) in [6.45, 7) is 6.83. The second kappa shape index (κ2) is 7.59. The number of nitrogens with zero attached hydrogens (tertiary/aromatic N) is 3. The molecule has 0 saturated carbocycles. The molecule has 0 aromatic carbocycles. The van der Waals surface area contributed by atoms with Crippen molar-refractivity contribution in [1.82, 2.24) is 9.78 Å². The van der Waals surface area contributed by atoms with Crippen molar-refractivity contribution in [3.63, 3.8) is 0 Å². The minimum absolute atomic E-state index is 0.0443. The molecule has 118 valence electrons. The van der Waals surface area contributed by atoms with E-state index in [0.29, 0.717) is 6.54 Å². The van der Waals surface area contributed by atoms with Gasteiger partial charge in [0.25, 0.3) is 5.56 Å². The van der Waals surface area contributed by atoms with Gasteiger partial charge in [0.1, 0.15) is 0 Å². The minimum atomic E-state index is -0.268. The smallest absolute Gasteiger partial charge is 0.268 e. The Morgan fingerprint density at radius 1 is 1.43 bits per heavy atom. The van der Waals surface area contributed by atoms with E-state index in [9.17, 15) is 9.90 Å². The largest absolute Gasteiger partial charge is 0.393 e. The molecule has 0 amide bonds. The lowest BCUT2D eigenvalue weighted by molar-refractivity contribution is 0.155. The fraction of sp³-hybridized carbons (Fsp3) is 0.750. The molecule has 0 radical (unpaired) electrons. The average molecular weight is 293 g/mol. The van der Waals surface area contributed by atoms with Crippen LogP contribution < -0.4 is 10.5 Å². The van der Waals surface area contributed by atoms with E-state index >= 15 is 0 Å². The molecular formula is C16H27N3O2. The molecule has 1 saturated heterocycles. The summed E-state index contributed by atoms with van der Waals surface area (Å²) in [6.07, 6.45) is 6.15. The van der Waals surface area contributed by atoms with Gasteiger partial charge >= 0.3 is 0 Å². The summed E-state index contributed by atoms with van der Waals surface area (Å²) in [5.41, 5.74) is 0.897. The first kappa shape index (κ1) is 16.0. The van der Waals surface area contributed by atoms with Crippen LogP contribution in [-0.4, -0.2) is 34.1 Å². The van der Waals surface area contributed by atoms with E-state index in [1.54, 1.807) is 12.3 Å². The summed E-state index contributed by atoms with van der Waals surface area (Å²) in [6, 6.07) is 1.69. The van der Waals surface area contributed by atoms with Gasteiger partial charge in [-0.15, -0.1) is 0 Å². The minimum Gasteiger partial charge on any atom is -0.393 e. The molecule has 21 heavy (non-hydrogen) atoms. The Bertz CT molecular complexity index is 493. The molecule has 0 spiro atoms. The second-order valence-electron chi connectivity index (χ2n) is 6.15. The molecule has 5 nitrogen and oxygen atoms in total. The van der Waals surface area contributed by atoms with E-state index in [2.05, 4.69) is 16.9 Å². The first-order chi connectivity index (χ1) is 10.1. The zero-order chi connectivity index (χ0) is 15.2. The lowest BCUT2D eigenvalue weighted by atomic mass is 9.99. The highest BCUT2D eigenvalue weighted by Gasteiger charge is 2.16. The van der Waals surface area contributed by atoms with Crippen LogP contribution in [0, 0.1) is 5.92 Å². The lowest BCUT2D eigenvalue weighted by Gasteiger charge is -2.31. The quantitative estimate of drug-likeness (QED) is 0.872. The Morgan fingerprint density at radius 3 is 2.76 bits per heavy atom. The van der Waals surface area contributed by atoms with Gasteiger partial charge in [-0.1, -0.05) is 13.8 Å². The van der Waals surface area contributed by atoms with Gasteiger partial charge in [0.2, 0.25) is 0 Å². The fourth-order valence-electron chi connectivity index (χ4n) is 2.71. The van der Waals surface area contributed by atoms with E-state index < -0.39 is 0 Å². The van der Waals surface area contributed by atoms with Gasteiger partial charge in [0.05, 0.1) is 18.0 Å². The molecule has 1 aliphatic heterocycles. The predicted molar refractivity (Wildman–Crippen MR) is 84.6 cm³/mol. The van der Waals surface area contributed by atoms with Gasteiger partial charge in [-0.05, 0) is 38.0 Å². The van der Waals surface area contributed by atoms with Crippen LogP contribution in [0.3, 0.4) is 0 Å². The third-order valence-electron chi connectivity index (χ3n) is 4.38. The summed E-state index contributed by atoms with van der Waals surface area (Å²) in [5.74, 6) is 0.777. The summed E-state index contributed by atoms with van der Waals surface area (Å²) >= 11 is 0. The fourth-order valence-corrected chi connectivity index (χ4v) is 2.71.